The van der Waals surface area contributed by atoms with Crippen LogP contribution in [0.15, 0.2) is 344 Å². The summed E-state index contributed by atoms with van der Waals surface area (Å²) in [7, 11) is 6.19. The molecule has 12 nitrogen and oxygen atoms in total. The SMILES string of the molecule is Cn1c(-c2[c-]c3c(cc2)c2ccccc2n3-c2[c-]c(-c3cc(-c4cccs4)ccn3)ccc2)nc2ccccc21.Cn1c(-c2[c-]c3c(cc2)c2ccccc2n3-c2[c-]c(-c3ccccn3)c(-c3cccs3)cc2)nc2ccccc21.Cn1c(-c2[c-]c3c(cc2)c2ccccc2n3-c2[c-]c(-c3ncccc3-c3cccs3)ccc2)nc2ccccc21.[Pt+2].[Pt+2].[Pt+2]. The van der Waals surface area contributed by atoms with Crippen LogP contribution in [0.3, 0.4) is 0 Å². The Morgan fingerprint density at radius 2 is 0.683 bits per heavy atom. The average molecular weight is 2180 g/mol. The number of aryl methyl sites for hydroxylation is 3. The van der Waals surface area contributed by atoms with Gasteiger partial charge in [0.15, 0.2) is 0 Å². The molecule has 0 fully saturated rings. The van der Waals surface area contributed by atoms with E-state index in [2.05, 4.69) is 356 Å². The van der Waals surface area contributed by atoms with Crippen molar-refractivity contribution in [3.05, 3.63) is 381 Å². The van der Waals surface area contributed by atoms with Crippen molar-refractivity contribution in [3.8, 4) is 116 Å². The Balaban J connectivity index is 0.000000120. The molecule has 0 spiro atoms. The molecular weight excluding hydrogens is 2110 g/mol. The van der Waals surface area contributed by atoms with Gasteiger partial charge in [-0.05, 0) is 184 Å². The van der Waals surface area contributed by atoms with E-state index in [4.69, 9.17) is 29.9 Å². The smallest absolute Gasteiger partial charge is 0.367 e. The van der Waals surface area contributed by atoms with E-state index in [1.54, 1.807) is 34.0 Å². The van der Waals surface area contributed by atoms with Crippen molar-refractivity contribution >= 4 is 133 Å². The first kappa shape index (κ1) is 79.8. The van der Waals surface area contributed by atoms with Crippen LogP contribution in [0.25, 0.3) is 215 Å². The minimum atomic E-state index is 0. The molecule has 0 aliphatic rings. The number of nitrogens with zero attached hydrogens (tertiary/aromatic N) is 12. The molecule has 24 aromatic rings. The second-order valence-electron chi connectivity index (χ2n) is 29.4. The number of aromatic nitrogens is 12. The number of para-hydroxylation sites is 9. The maximum Gasteiger partial charge on any atom is 2.00 e. The standard InChI is InChI=1S/3C35H22N4S.3Pt/c1-38-31-15-5-3-13-29(31)37-35(38)24-17-18-27-26-11-2-4-14-30(26)39(32(27)22-24)25-10-6-9-23(21-25)34-28(12-7-19-36-34)33-16-8-20-40-33;1-38-32-13-5-3-11-29(32)37-35(38)25-15-16-28-27-10-2-4-12-31(27)39(33(28)22-25)26-9-6-8-23(20-26)30-21-24(17-18-36-30)34-14-7-19-40-34;1-38-32-13-5-3-11-30(32)37-35(38)23-15-17-26-25-9-2-4-12-31(25)39(33(26)21-23)24-16-18-27(34-14-8-20-40-34)28(22-24)29-10-6-7-19-36-29;;;/h2-20H,1H3;2-19,21H,1H3;2-20H,1H3;;;/q3*-2;3*+2. The maximum absolute atomic E-state index is 4.95. The van der Waals surface area contributed by atoms with Crippen LogP contribution in [0.4, 0.5) is 0 Å². The predicted octanol–water partition coefficient (Wildman–Crippen LogP) is 26.2. The summed E-state index contributed by atoms with van der Waals surface area (Å²) in [4.78, 5) is 32.6. The number of rotatable bonds is 12. The van der Waals surface area contributed by atoms with E-state index in [0.29, 0.717) is 0 Å². The molecule has 0 bridgehead atoms. The van der Waals surface area contributed by atoms with Crippen LogP contribution in [0.1, 0.15) is 0 Å². The first-order chi connectivity index (χ1) is 59.3. The number of imidazole rings is 3. The molecule has 0 aliphatic heterocycles. The first-order valence-corrected chi connectivity index (χ1v) is 42.1. The summed E-state index contributed by atoms with van der Waals surface area (Å²) in [6, 6.07) is 129. The molecule has 0 N–H and O–H groups in total. The molecule has 0 atom stereocenters. The van der Waals surface area contributed by atoms with Gasteiger partial charge in [0.1, 0.15) is 0 Å². The number of benzene rings is 12. The molecule has 12 aromatic carbocycles. The summed E-state index contributed by atoms with van der Waals surface area (Å²) >= 11 is 5.18. The molecule has 0 saturated carbocycles. The van der Waals surface area contributed by atoms with Gasteiger partial charge in [-0.15, -0.1) is 177 Å². The second kappa shape index (κ2) is 33.8. The number of fused-ring (bicyclic) bond motifs is 12. The van der Waals surface area contributed by atoms with Gasteiger partial charge in [-0.1, -0.05) is 161 Å². The largest absolute Gasteiger partial charge is 2.00 e. The molecule has 123 heavy (non-hydrogen) atoms. The van der Waals surface area contributed by atoms with E-state index in [0.717, 1.165) is 184 Å². The topological polar surface area (TPSA) is 107 Å². The van der Waals surface area contributed by atoms with Gasteiger partial charge in [0.2, 0.25) is 0 Å². The van der Waals surface area contributed by atoms with Crippen LogP contribution < -0.4 is 0 Å². The minimum absolute atomic E-state index is 0. The fourth-order valence-corrected chi connectivity index (χ4v) is 19.1. The number of thiophene rings is 3. The fourth-order valence-electron chi connectivity index (χ4n) is 16.8. The van der Waals surface area contributed by atoms with Crippen molar-refractivity contribution in [1.82, 2.24) is 57.3 Å². The van der Waals surface area contributed by atoms with E-state index in [1.807, 2.05) is 73.2 Å². The first-order valence-electron chi connectivity index (χ1n) is 39.5. The molecule has 18 heteroatoms. The molecular formula is C105H66N12Pt3S3. The van der Waals surface area contributed by atoms with Crippen molar-refractivity contribution in [2.45, 2.75) is 0 Å². The summed E-state index contributed by atoms with van der Waals surface area (Å²) in [6.07, 6.45) is 5.57. The zero-order valence-electron chi connectivity index (χ0n) is 65.9. The van der Waals surface area contributed by atoms with E-state index >= 15 is 0 Å². The summed E-state index contributed by atoms with van der Waals surface area (Å²) in [6.45, 7) is 0. The van der Waals surface area contributed by atoms with Crippen LogP contribution >= 0.6 is 34.0 Å². The third-order valence-electron chi connectivity index (χ3n) is 22.4. The van der Waals surface area contributed by atoms with Crippen molar-refractivity contribution in [3.63, 3.8) is 0 Å². The Morgan fingerprint density at radius 3 is 1.15 bits per heavy atom. The van der Waals surface area contributed by atoms with Gasteiger partial charge in [-0.25, -0.2) is 0 Å². The summed E-state index contributed by atoms with van der Waals surface area (Å²) < 4.78 is 13.2. The summed E-state index contributed by atoms with van der Waals surface area (Å²) in [5, 5.41) is 13.3. The van der Waals surface area contributed by atoms with Gasteiger partial charge >= 0.3 is 63.2 Å². The van der Waals surface area contributed by atoms with Crippen LogP contribution in [0.5, 0.6) is 0 Å². The third kappa shape index (κ3) is 14.4. The second-order valence-corrected chi connectivity index (χ2v) is 32.3. The van der Waals surface area contributed by atoms with E-state index in [-0.39, 0.29) is 63.2 Å². The van der Waals surface area contributed by atoms with Crippen molar-refractivity contribution < 1.29 is 63.2 Å². The molecule has 0 saturated heterocycles. The maximum atomic E-state index is 4.95. The molecule has 0 amide bonds. The van der Waals surface area contributed by atoms with Crippen molar-refractivity contribution in [2.75, 3.05) is 0 Å². The Morgan fingerprint density at radius 1 is 0.268 bits per heavy atom. The van der Waals surface area contributed by atoms with Gasteiger partial charge in [-0.2, -0.15) is 11.3 Å². The number of pyridine rings is 3. The van der Waals surface area contributed by atoms with Gasteiger partial charge in [0.05, 0.1) is 50.6 Å². The Labute approximate surface area is 763 Å². The minimum Gasteiger partial charge on any atom is -0.367 e. The quantitative estimate of drug-likeness (QED) is 0.113. The molecule has 24 rings (SSSR count). The zero-order valence-corrected chi connectivity index (χ0v) is 75.2. The fraction of sp³-hybridized carbons (Fsp3) is 0.0286. The molecule has 0 radical (unpaired) electrons. The molecule has 0 aliphatic carbocycles. The molecule has 594 valence electrons. The van der Waals surface area contributed by atoms with E-state index in [9.17, 15) is 0 Å². The zero-order chi connectivity index (χ0) is 79.9. The van der Waals surface area contributed by atoms with Crippen molar-refractivity contribution in [1.29, 1.82) is 0 Å². The van der Waals surface area contributed by atoms with Crippen LogP contribution in [-0.4, -0.2) is 57.3 Å². The van der Waals surface area contributed by atoms with Crippen LogP contribution in [0.2, 0.25) is 0 Å². The Kier molecular flexibility index (Phi) is 21.9. The number of hydrogen-bond acceptors (Lipinski definition) is 9. The van der Waals surface area contributed by atoms with Crippen molar-refractivity contribution in [2.24, 2.45) is 21.1 Å². The van der Waals surface area contributed by atoms with Crippen LogP contribution in [0, 0.1) is 36.4 Å². The summed E-state index contributed by atoms with van der Waals surface area (Å²) in [5.74, 6) is 2.69. The van der Waals surface area contributed by atoms with Gasteiger partial charge in [0.25, 0.3) is 0 Å². The Bertz CT molecular complexity index is 8050. The predicted molar refractivity (Wildman–Crippen MR) is 494 cm³/mol. The molecule has 12 aromatic heterocycles. The van der Waals surface area contributed by atoms with Gasteiger partial charge in [-0.3, -0.25) is 15.0 Å². The average Bonchev–Trinajstić information content (AvgIpc) is 1.60. The van der Waals surface area contributed by atoms with Gasteiger partial charge in [0, 0.05) is 66.0 Å². The van der Waals surface area contributed by atoms with Gasteiger partial charge < -0.3 is 42.4 Å². The monoisotopic (exact) mass is 2180 g/mol. The molecule has 0 unspecified atom stereocenters. The Hall–Kier alpha value is -12.9. The van der Waals surface area contributed by atoms with E-state index in [1.165, 1.54) is 30.8 Å². The number of hydrogen-bond donors (Lipinski definition) is 0. The third-order valence-corrected chi connectivity index (χ3v) is 25.2. The van der Waals surface area contributed by atoms with Crippen LogP contribution in [-0.2, 0) is 84.3 Å². The van der Waals surface area contributed by atoms with E-state index < -0.39 is 0 Å². The summed E-state index contributed by atoms with van der Waals surface area (Å²) in [5.41, 5.74) is 27.3. The molecule has 12 heterocycles. The normalized spacial score (nSPS) is 11.3.